The number of carbonyl (C=O) groups excluding carboxylic acids is 1. The van der Waals surface area contributed by atoms with Crippen molar-refractivity contribution >= 4 is 5.91 Å². The highest BCUT2D eigenvalue weighted by atomic mass is 16.5. The van der Waals surface area contributed by atoms with E-state index in [1.807, 2.05) is 62.4 Å². The molecule has 0 saturated heterocycles. The summed E-state index contributed by atoms with van der Waals surface area (Å²) in [7, 11) is 1.61. The number of nitrogens with zero attached hydrogens (tertiary/aromatic N) is 2. The second-order valence-electron chi connectivity index (χ2n) is 6.24. The molecule has 7 nitrogen and oxygen atoms in total. The van der Waals surface area contributed by atoms with E-state index in [-0.39, 0.29) is 12.5 Å². The van der Waals surface area contributed by atoms with Crippen molar-refractivity contribution in [3.63, 3.8) is 0 Å². The van der Waals surface area contributed by atoms with Crippen molar-refractivity contribution in [2.45, 2.75) is 32.9 Å². The average molecular weight is 381 g/mol. The van der Waals surface area contributed by atoms with Crippen LogP contribution in [0.15, 0.2) is 53.1 Å². The maximum absolute atomic E-state index is 12.5. The summed E-state index contributed by atoms with van der Waals surface area (Å²) in [6, 6.07) is 14.9. The Morgan fingerprint density at radius 1 is 1.18 bits per heavy atom. The Balaban J connectivity index is 1.59. The first-order valence-corrected chi connectivity index (χ1v) is 9.07. The van der Waals surface area contributed by atoms with Gasteiger partial charge >= 0.3 is 0 Å². The van der Waals surface area contributed by atoms with Crippen LogP contribution >= 0.6 is 0 Å². The Bertz CT molecular complexity index is 921. The van der Waals surface area contributed by atoms with E-state index >= 15 is 0 Å². The minimum Gasteiger partial charge on any atom is -0.497 e. The summed E-state index contributed by atoms with van der Waals surface area (Å²) in [5.41, 5.74) is 1.78. The van der Waals surface area contributed by atoms with Gasteiger partial charge < -0.3 is 19.3 Å². The molecule has 0 bridgehead atoms. The molecule has 7 heteroatoms. The number of para-hydroxylation sites is 1. The molecule has 1 heterocycles. The molecule has 0 saturated carbocycles. The zero-order valence-electron chi connectivity index (χ0n) is 16.1. The molecule has 0 aliphatic rings. The molecule has 3 rings (SSSR count). The van der Waals surface area contributed by atoms with E-state index in [1.165, 1.54) is 0 Å². The molecule has 0 aliphatic heterocycles. The monoisotopic (exact) mass is 381 g/mol. The van der Waals surface area contributed by atoms with E-state index in [4.69, 9.17) is 14.0 Å². The zero-order chi connectivity index (χ0) is 19.9. The number of ether oxygens (including phenoxy) is 2. The van der Waals surface area contributed by atoms with Gasteiger partial charge in [0.25, 0.3) is 5.91 Å². The second-order valence-corrected chi connectivity index (χ2v) is 6.24. The molecule has 2 aromatic carbocycles. The summed E-state index contributed by atoms with van der Waals surface area (Å²) in [6.45, 7) is 3.98. The van der Waals surface area contributed by atoms with E-state index in [2.05, 4.69) is 15.5 Å². The fourth-order valence-corrected chi connectivity index (χ4v) is 2.62. The lowest BCUT2D eigenvalue weighted by Gasteiger charge is -2.18. The number of amides is 1. The highest BCUT2D eigenvalue weighted by molar-refractivity contribution is 5.81. The molecule has 146 valence electrons. The molecule has 28 heavy (non-hydrogen) atoms. The van der Waals surface area contributed by atoms with Crippen LogP contribution in [-0.4, -0.2) is 29.3 Å². The molecule has 1 amide bonds. The average Bonchev–Trinajstić information content (AvgIpc) is 3.20. The fraction of sp³-hybridized carbons (Fsp3) is 0.286. The Morgan fingerprint density at radius 2 is 1.93 bits per heavy atom. The lowest BCUT2D eigenvalue weighted by atomic mass is 10.2. The Hall–Kier alpha value is -3.35. The molecule has 1 aromatic heterocycles. The SMILES string of the molecule is CC[C@H](Oc1ccccc1C)C(=O)NCc1nc(-c2ccc(OC)cc2)no1. The number of benzene rings is 2. The van der Waals surface area contributed by atoms with Crippen LogP contribution in [0.25, 0.3) is 11.4 Å². The third-order valence-electron chi connectivity index (χ3n) is 4.26. The third kappa shape index (κ3) is 4.68. The molecule has 0 spiro atoms. The first-order valence-electron chi connectivity index (χ1n) is 9.07. The van der Waals surface area contributed by atoms with Gasteiger partial charge in [0, 0.05) is 5.56 Å². The second kappa shape index (κ2) is 9.03. The molecule has 0 radical (unpaired) electrons. The molecular formula is C21H23N3O4. The van der Waals surface area contributed by atoms with Gasteiger partial charge in [-0.05, 0) is 49.2 Å². The summed E-state index contributed by atoms with van der Waals surface area (Å²) >= 11 is 0. The van der Waals surface area contributed by atoms with E-state index in [0.29, 0.717) is 23.9 Å². The van der Waals surface area contributed by atoms with Crippen LogP contribution in [0.4, 0.5) is 0 Å². The maximum atomic E-state index is 12.5. The highest BCUT2D eigenvalue weighted by Gasteiger charge is 2.20. The normalized spacial score (nSPS) is 11.7. The van der Waals surface area contributed by atoms with Gasteiger partial charge in [-0.25, -0.2) is 0 Å². The van der Waals surface area contributed by atoms with Gasteiger partial charge in [0.05, 0.1) is 13.7 Å². The van der Waals surface area contributed by atoms with Crippen molar-refractivity contribution in [2.75, 3.05) is 7.11 Å². The number of hydrogen-bond acceptors (Lipinski definition) is 6. The van der Waals surface area contributed by atoms with Crippen LogP contribution in [0.1, 0.15) is 24.8 Å². The molecule has 0 fully saturated rings. The van der Waals surface area contributed by atoms with E-state index in [9.17, 15) is 4.79 Å². The topological polar surface area (TPSA) is 86.5 Å². The molecular weight excluding hydrogens is 358 g/mol. The molecule has 0 unspecified atom stereocenters. The Kier molecular flexibility index (Phi) is 6.26. The predicted octanol–water partition coefficient (Wildman–Crippen LogP) is 3.53. The zero-order valence-corrected chi connectivity index (χ0v) is 16.1. The lowest BCUT2D eigenvalue weighted by molar-refractivity contribution is -0.128. The van der Waals surface area contributed by atoms with Gasteiger partial charge in [0.1, 0.15) is 11.5 Å². The van der Waals surface area contributed by atoms with Gasteiger partial charge in [-0.2, -0.15) is 4.98 Å². The molecule has 1 N–H and O–H groups in total. The van der Waals surface area contributed by atoms with Crippen molar-refractivity contribution in [1.29, 1.82) is 0 Å². The van der Waals surface area contributed by atoms with Gasteiger partial charge in [0.15, 0.2) is 6.10 Å². The van der Waals surface area contributed by atoms with E-state index < -0.39 is 6.10 Å². The minimum atomic E-state index is -0.593. The van der Waals surface area contributed by atoms with Gasteiger partial charge in [-0.15, -0.1) is 0 Å². The maximum Gasteiger partial charge on any atom is 0.261 e. The van der Waals surface area contributed by atoms with Crippen molar-refractivity contribution in [3.05, 3.63) is 60.0 Å². The lowest BCUT2D eigenvalue weighted by Crippen LogP contribution is -2.37. The van der Waals surface area contributed by atoms with Crippen LogP contribution in [-0.2, 0) is 11.3 Å². The Morgan fingerprint density at radius 3 is 2.61 bits per heavy atom. The minimum absolute atomic E-state index is 0.135. The summed E-state index contributed by atoms with van der Waals surface area (Å²) in [5, 5.41) is 6.75. The van der Waals surface area contributed by atoms with Gasteiger partial charge in [-0.3, -0.25) is 4.79 Å². The molecule has 3 aromatic rings. The first-order chi connectivity index (χ1) is 13.6. The van der Waals surface area contributed by atoms with Crippen LogP contribution < -0.4 is 14.8 Å². The number of rotatable bonds is 8. The quantitative estimate of drug-likeness (QED) is 0.642. The number of aromatic nitrogens is 2. The van der Waals surface area contributed by atoms with Gasteiger partial charge in [-0.1, -0.05) is 30.3 Å². The first kappa shape index (κ1) is 19.4. The highest BCUT2D eigenvalue weighted by Crippen LogP contribution is 2.20. The smallest absolute Gasteiger partial charge is 0.261 e. The summed E-state index contributed by atoms with van der Waals surface area (Å²) < 4.78 is 16.2. The number of carbonyl (C=O) groups is 1. The predicted molar refractivity (Wildman–Crippen MR) is 104 cm³/mol. The van der Waals surface area contributed by atoms with Crippen molar-refractivity contribution in [3.8, 4) is 22.9 Å². The van der Waals surface area contributed by atoms with Crippen LogP contribution in [0.3, 0.4) is 0 Å². The fourth-order valence-electron chi connectivity index (χ4n) is 2.62. The summed E-state index contributed by atoms with van der Waals surface area (Å²) in [5.74, 6) is 2.00. The van der Waals surface area contributed by atoms with Crippen LogP contribution in [0, 0.1) is 6.92 Å². The number of aryl methyl sites for hydroxylation is 1. The summed E-state index contributed by atoms with van der Waals surface area (Å²) in [6.07, 6.45) is -0.0498. The van der Waals surface area contributed by atoms with Crippen LogP contribution in [0.2, 0.25) is 0 Å². The van der Waals surface area contributed by atoms with Crippen molar-refractivity contribution < 1.29 is 18.8 Å². The molecule has 0 aliphatic carbocycles. The summed E-state index contributed by atoms with van der Waals surface area (Å²) in [4.78, 5) is 16.8. The largest absolute Gasteiger partial charge is 0.497 e. The number of hydrogen-bond donors (Lipinski definition) is 1. The van der Waals surface area contributed by atoms with Gasteiger partial charge in [0.2, 0.25) is 11.7 Å². The van der Waals surface area contributed by atoms with E-state index in [1.54, 1.807) is 7.11 Å². The number of nitrogens with one attached hydrogen (secondary N) is 1. The van der Waals surface area contributed by atoms with Crippen LogP contribution in [0.5, 0.6) is 11.5 Å². The molecule has 1 atom stereocenters. The number of methoxy groups -OCH3 is 1. The Labute approximate surface area is 163 Å². The third-order valence-corrected chi connectivity index (χ3v) is 4.26. The van der Waals surface area contributed by atoms with Crippen molar-refractivity contribution in [2.24, 2.45) is 0 Å². The van der Waals surface area contributed by atoms with E-state index in [0.717, 1.165) is 16.9 Å². The standard InChI is InChI=1S/C21H23N3O4/c1-4-17(27-18-8-6-5-7-14(18)2)21(25)22-13-19-23-20(24-28-19)15-9-11-16(26-3)12-10-15/h5-12,17H,4,13H2,1-3H3,(H,22,25)/t17-/m0/s1. The van der Waals surface area contributed by atoms with Crippen molar-refractivity contribution in [1.82, 2.24) is 15.5 Å².